The number of hydrogen-bond donors (Lipinski definition) is 1. The van der Waals surface area contributed by atoms with Gasteiger partial charge < -0.3 is 5.32 Å². The highest BCUT2D eigenvalue weighted by Crippen LogP contribution is 2.45. The van der Waals surface area contributed by atoms with Gasteiger partial charge in [-0.15, -0.1) is 0 Å². The van der Waals surface area contributed by atoms with E-state index in [4.69, 9.17) is 0 Å². The Labute approximate surface area is 127 Å². The van der Waals surface area contributed by atoms with Crippen molar-refractivity contribution in [2.45, 2.75) is 85.0 Å². The maximum absolute atomic E-state index is 3.70. The summed E-state index contributed by atoms with van der Waals surface area (Å²) in [6.07, 6.45) is 14.7. The Morgan fingerprint density at radius 3 is 2.45 bits per heavy atom. The van der Waals surface area contributed by atoms with Gasteiger partial charge in [0.1, 0.15) is 0 Å². The fraction of sp³-hybridized carbons (Fsp3) is 1.00. The van der Waals surface area contributed by atoms with Gasteiger partial charge in [-0.3, -0.25) is 0 Å². The zero-order valence-corrected chi connectivity index (χ0v) is 14.2. The van der Waals surface area contributed by atoms with E-state index in [1.54, 1.807) is 0 Å². The summed E-state index contributed by atoms with van der Waals surface area (Å²) >= 11 is 0. The van der Waals surface area contributed by atoms with Gasteiger partial charge in [0, 0.05) is 0 Å². The molecule has 0 amide bonds. The standard InChI is InChI=1S/C19H37N/c1-4-12-20-15-17-10-11-19(2,3)14-18(17)13-16-8-6-5-7-9-16/h16-18,20H,4-15H2,1-3H3. The molecule has 0 heterocycles. The van der Waals surface area contributed by atoms with Crippen LogP contribution in [0.3, 0.4) is 0 Å². The fourth-order valence-corrected chi connectivity index (χ4v) is 4.65. The van der Waals surface area contributed by atoms with E-state index >= 15 is 0 Å². The lowest BCUT2D eigenvalue weighted by molar-refractivity contribution is 0.0906. The van der Waals surface area contributed by atoms with E-state index < -0.39 is 0 Å². The van der Waals surface area contributed by atoms with Crippen molar-refractivity contribution in [1.29, 1.82) is 0 Å². The molecule has 118 valence electrons. The van der Waals surface area contributed by atoms with Crippen LogP contribution in [-0.2, 0) is 0 Å². The third-order valence-corrected chi connectivity index (χ3v) is 5.87. The molecule has 0 bridgehead atoms. The molecule has 2 saturated carbocycles. The molecule has 20 heavy (non-hydrogen) atoms. The van der Waals surface area contributed by atoms with Gasteiger partial charge in [-0.05, 0) is 68.4 Å². The zero-order valence-electron chi connectivity index (χ0n) is 14.2. The van der Waals surface area contributed by atoms with Crippen molar-refractivity contribution in [3.63, 3.8) is 0 Å². The lowest BCUT2D eigenvalue weighted by Crippen LogP contribution is -2.37. The predicted molar refractivity (Wildman–Crippen MR) is 89.0 cm³/mol. The largest absolute Gasteiger partial charge is 0.316 e. The molecule has 1 nitrogen and oxygen atoms in total. The summed E-state index contributed by atoms with van der Waals surface area (Å²) in [6.45, 7) is 9.75. The molecule has 1 heteroatoms. The van der Waals surface area contributed by atoms with Gasteiger partial charge in [0.25, 0.3) is 0 Å². The lowest BCUT2D eigenvalue weighted by atomic mass is 9.64. The second-order valence-electron chi connectivity index (χ2n) is 8.37. The third-order valence-electron chi connectivity index (χ3n) is 5.87. The van der Waals surface area contributed by atoms with Gasteiger partial charge in [0.2, 0.25) is 0 Å². The minimum absolute atomic E-state index is 0.598. The summed E-state index contributed by atoms with van der Waals surface area (Å²) in [7, 11) is 0. The molecule has 0 spiro atoms. The second-order valence-corrected chi connectivity index (χ2v) is 8.37. The van der Waals surface area contributed by atoms with Crippen LogP contribution < -0.4 is 5.32 Å². The fourth-order valence-electron chi connectivity index (χ4n) is 4.65. The molecule has 0 radical (unpaired) electrons. The summed E-state index contributed by atoms with van der Waals surface area (Å²) in [6, 6.07) is 0. The van der Waals surface area contributed by atoms with E-state index in [0.29, 0.717) is 5.41 Å². The summed E-state index contributed by atoms with van der Waals surface area (Å²) in [5.41, 5.74) is 0.598. The summed E-state index contributed by atoms with van der Waals surface area (Å²) < 4.78 is 0. The first-order valence-corrected chi connectivity index (χ1v) is 9.31. The second kappa shape index (κ2) is 7.82. The molecule has 2 atom stereocenters. The Hall–Kier alpha value is -0.0400. The van der Waals surface area contributed by atoms with Crippen LogP contribution in [0.4, 0.5) is 0 Å². The van der Waals surface area contributed by atoms with Crippen LogP contribution in [0.2, 0.25) is 0 Å². The van der Waals surface area contributed by atoms with Crippen molar-refractivity contribution in [2.24, 2.45) is 23.2 Å². The predicted octanol–water partition coefficient (Wildman–Crippen LogP) is 5.40. The minimum atomic E-state index is 0.598. The van der Waals surface area contributed by atoms with Crippen LogP contribution in [0.1, 0.15) is 85.0 Å². The molecular formula is C19H37N. The van der Waals surface area contributed by atoms with Gasteiger partial charge in [-0.1, -0.05) is 52.9 Å². The quantitative estimate of drug-likeness (QED) is 0.642. The van der Waals surface area contributed by atoms with Crippen LogP contribution in [-0.4, -0.2) is 13.1 Å². The molecule has 1 N–H and O–H groups in total. The van der Waals surface area contributed by atoms with E-state index in [9.17, 15) is 0 Å². The van der Waals surface area contributed by atoms with Gasteiger partial charge in [0.05, 0.1) is 0 Å². The third kappa shape index (κ3) is 5.06. The smallest absolute Gasteiger partial charge is 0.00179 e. The van der Waals surface area contributed by atoms with E-state index in [-0.39, 0.29) is 0 Å². The van der Waals surface area contributed by atoms with Crippen molar-refractivity contribution >= 4 is 0 Å². The first-order chi connectivity index (χ1) is 9.61. The molecule has 0 saturated heterocycles. The Bertz CT molecular complexity index is 265. The molecule has 0 aromatic carbocycles. The average molecular weight is 280 g/mol. The highest BCUT2D eigenvalue weighted by molar-refractivity contribution is 4.87. The summed E-state index contributed by atoms with van der Waals surface area (Å²) in [5, 5.41) is 3.70. The van der Waals surface area contributed by atoms with Crippen LogP contribution in [0, 0.1) is 23.2 Å². The minimum Gasteiger partial charge on any atom is -0.316 e. The summed E-state index contributed by atoms with van der Waals surface area (Å²) in [4.78, 5) is 0. The molecule has 2 rings (SSSR count). The van der Waals surface area contributed by atoms with Gasteiger partial charge >= 0.3 is 0 Å². The molecule has 2 aliphatic carbocycles. The SMILES string of the molecule is CCCNCC1CCC(C)(C)CC1CC1CCCCC1. The van der Waals surface area contributed by atoms with Crippen LogP contribution in [0.5, 0.6) is 0 Å². The van der Waals surface area contributed by atoms with Crippen LogP contribution in [0.15, 0.2) is 0 Å². The first-order valence-electron chi connectivity index (χ1n) is 9.31. The van der Waals surface area contributed by atoms with E-state index in [1.165, 1.54) is 77.3 Å². The van der Waals surface area contributed by atoms with Gasteiger partial charge in [-0.25, -0.2) is 0 Å². The lowest BCUT2D eigenvalue weighted by Gasteiger charge is -2.43. The Kier molecular flexibility index (Phi) is 6.39. The highest BCUT2D eigenvalue weighted by atomic mass is 14.9. The van der Waals surface area contributed by atoms with Crippen molar-refractivity contribution in [3.05, 3.63) is 0 Å². The monoisotopic (exact) mass is 279 g/mol. The number of hydrogen-bond acceptors (Lipinski definition) is 1. The molecule has 2 fully saturated rings. The Morgan fingerprint density at radius 2 is 1.75 bits per heavy atom. The Morgan fingerprint density at radius 1 is 1.00 bits per heavy atom. The van der Waals surface area contributed by atoms with Crippen molar-refractivity contribution in [2.75, 3.05) is 13.1 Å². The highest BCUT2D eigenvalue weighted by Gasteiger charge is 2.35. The van der Waals surface area contributed by atoms with Gasteiger partial charge in [-0.2, -0.15) is 0 Å². The molecule has 2 unspecified atom stereocenters. The maximum atomic E-state index is 3.70. The van der Waals surface area contributed by atoms with Crippen molar-refractivity contribution < 1.29 is 0 Å². The summed E-state index contributed by atoms with van der Waals surface area (Å²) in [5.74, 6) is 3.00. The molecular weight excluding hydrogens is 242 g/mol. The van der Waals surface area contributed by atoms with E-state index in [1.807, 2.05) is 0 Å². The van der Waals surface area contributed by atoms with Gasteiger partial charge in [0.15, 0.2) is 0 Å². The number of rotatable bonds is 6. The molecule has 0 aliphatic heterocycles. The number of nitrogens with one attached hydrogen (secondary N) is 1. The normalized spacial score (nSPS) is 31.4. The van der Waals surface area contributed by atoms with E-state index in [0.717, 1.165) is 17.8 Å². The topological polar surface area (TPSA) is 12.0 Å². The zero-order chi connectivity index (χ0) is 14.4. The first kappa shape index (κ1) is 16.3. The molecule has 2 aliphatic rings. The average Bonchev–Trinajstić information content (AvgIpc) is 2.42. The maximum Gasteiger partial charge on any atom is -0.00179 e. The van der Waals surface area contributed by atoms with Crippen molar-refractivity contribution in [3.8, 4) is 0 Å². The van der Waals surface area contributed by atoms with Crippen molar-refractivity contribution in [1.82, 2.24) is 5.32 Å². The molecule has 0 aromatic heterocycles. The molecule has 0 aromatic rings. The van der Waals surface area contributed by atoms with Crippen LogP contribution in [0.25, 0.3) is 0 Å². The van der Waals surface area contributed by atoms with Crippen LogP contribution >= 0.6 is 0 Å². The Balaban J connectivity index is 1.87. The van der Waals surface area contributed by atoms with E-state index in [2.05, 4.69) is 26.1 Å².